The minimum absolute atomic E-state index is 0.00271. The number of likely N-dealkylation sites (N-methyl/N-ethyl adjacent to an activating group) is 1. The van der Waals surface area contributed by atoms with Crippen LogP contribution >= 0.6 is 0 Å². The first kappa shape index (κ1) is 33.3. The summed E-state index contributed by atoms with van der Waals surface area (Å²) >= 11 is 0. The van der Waals surface area contributed by atoms with E-state index in [4.69, 9.17) is 0 Å². The van der Waals surface area contributed by atoms with Gasteiger partial charge in [-0.25, -0.2) is 9.37 Å². The van der Waals surface area contributed by atoms with Gasteiger partial charge in [0.25, 0.3) is 5.91 Å². The summed E-state index contributed by atoms with van der Waals surface area (Å²) < 4.78 is 61.6. The van der Waals surface area contributed by atoms with Crippen molar-refractivity contribution in [2.45, 2.75) is 70.0 Å². The number of piperazine rings is 1. The van der Waals surface area contributed by atoms with E-state index in [9.17, 15) is 23.1 Å². The van der Waals surface area contributed by atoms with Gasteiger partial charge in [0.1, 0.15) is 18.0 Å². The molecule has 1 aromatic carbocycles. The van der Waals surface area contributed by atoms with E-state index in [1.807, 2.05) is 7.05 Å². The van der Waals surface area contributed by atoms with E-state index in [1.165, 1.54) is 21.9 Å². The van der Waals surface area contributed by atoms with E-state index in [1.54, 1.807) is 25.2 Å². The number of pyridine rings is 1. The highest BCUT2D eigenvalue weighted by Crippen LogP contribution is 2.54. The number of fused-ring (bicyclic) bond motifs is 1. The number of carbonyl (C=O) groups excluding carboxylic acids is 1. The Hall–Kier alpha value is -3.62. The normalized spacial score (nSPS) is 20.9. The Morgan fingerprint density at radius 3 is 2.51 bits per heavy atom. The molecule has 254 valence electrons. The van der Waals surface area contributed by atoms with Crippen LogP contribution in [0.1, 0.15) is 77.7 Å². The van der Waals surface area contributed by atoms with E-state index >= 15 is 4.39 Å². The largest absolute Gasteiger partial charge is 0.416 e. The molecule has 2 N–H and O–H groups in total. The van der Waals surface area contributed by atoms with Crippen LogP contribution in [0.5, 0.6) is 0 Å². The average molecular weight is 659 g/mol. The smallest absolute Gasteiger partial charge is 0.395 e. The van der Waals surface area contributed by atoms with Gasteiger partial charge < -0.3 is 19.9 Å². The first-order valence-corrected chi connectivity index (χ1v) is 16.1. The number of hydrogen-bond donors (Lipinski definition) is 2. The number of carbonyl (C=O) groups is 1. The van der Waals surface area contributed by atoms with Crippen LogP contribution in [0.4, 0.5) is 29.2 Å². The van der Waals surface area contributed by atoms with Crippen LogP contribution in [0.25, 0.3) is 0 Å². The number of aliphatic hydroxyl groups is 1. The Morgan fingerprint density at radius 2 is 1.89 bits per heavy atom. The van der Waals surface area contributed by atoms with Crippen LogP contribution in [0, 0.1) is 5.92 Å². The molecule has 3 aromatic rings. The molecule has 1 saturated carbocycles. The molecule has 14 heteroatoms. The zero-order chi connectivity index (χ0) is 33.7. The van der Waals surface area contributed by atoms with E-state index in [2.05, 4.69) is 44.1 Å². The molecule has 2 atom stereocenters. The first-order chi connectivity index (χ1) is 22.3. The molecule has 1 saturated heterocycles. The minimum Gasteiger partial charge on any atom is -0.395 e. The summed E-state index contributed by atoms with van der Waals surface area (Å²) in [7, 11) is 3.71. The fourth-order valence-corrected chi connectivity index (χ4v) is 7.28. The molecule has 4 heterocycles. The van der Waals surface area contributed by atoms with E-state index in [0.29, 0.717) is 48.8 Å². The number of nitrogens with zero attached hydrogens (tertiary/aromatic N) is 7. The fraction of sp³-hybridized carbons (Fsp3) is 0.576. The van der Waals surface area contributed by atoms with Gasteiger partial charge in [0.2, 0.25) is 0 Å². The Bertz CT molecular complexity index is 1620. The highest BCUT2D eigenvalue weighted by atomic mass is 19.4. The van der Waals surface area contributed by atoms with Gasteiger partial charge in [-0.2, -0.15) is 13.2 Å². The third-order valence-electron chi connectivity index (χ3n) is 10.1. The lowest BCUT2D eigenvalue weighted by Gasteiger charge is -2.44. The Balaban J connectivity index is 1.38. The van der Waals surface area contributed by atoms with Gasteiger partial charge in [-0.15, -0.1) is 10.2 Å². The van der Waals surface area contributed by atoms with Gasteiger partial charge in [0.15, 0.2) is 12.0 Å². The Kier molecular flexibility index (Phi) is 9.05. The molecule has 0 spiro atoms. The van der Waals surface area contributed by atoms with Crippen LogP contribution in [-0.2, 0) is 31.7 Å². The molecule has 1 aliphatic carbocycles. The van der Waals surface area contributed by atoms with Crippen LogP contribution in [0.3, 0.4) is 0 Å². The molecule has 47 heavy (non-hydrogen) atoms. The Labute approximate surface area is 271 Å². The fourth-order valence-electron chi connectivity index (χ4n) is 7.28. The van der Waals surface area contributed by atoms with Crippen molar-refractivity contribution in [3.63, 3.8) is 0 Å². The first-order valence-electron chi connectivity index (χ1n) is 16.1. The maximum absolute atomic E-state index is 16.3. The number of rotatable bonds is 10. The summed E-state index contributed by atoms with van der Waals surface area (Å²) in [4.78, 5) is 24.3. The minimum atomic E-state index is -4.67. The maximum Gasteiger partial charge on any atom is 0.416 e. The number of aryl methyl sites for hydroxylation is 1. The number of hydrogen-bond acceptors (Lipinski definition) is 8. The van der Waals surface area contributed by atoms with Gasteiger partial charge in [0, 0.05) is 56.8 Å². The van der Waals surface area contributed by atoms with Crippen LogP contribution in [-0.4, -0.2) is 86.4 Å². The molecule has 1 amide bonds. The summed E-state index contributed by atoms with van der Waals surface area (Å²) in [5.74, 6) is 0.291. The number of nitrogens with one attached hydrogen (secondary N) is 1. The molecule has 6 rings (SSSR count). The number of benzene rings is 1. The van der Waals surface area contributed by atoms with Crippen molar-refractivity contribution in [2.75, 3.05) is 50.1 Å². The van der Waals surface area contributed by atoms with Crippen molar-refractivity contribution in [1.82, 2.24) is 29.5 Å². The molecule has 1 unspecified atom stereocenters. The van der Waals surface area contributed by atoms with E-state index in [0.717, 1.165) is 19.5 Å². The predicted molar refractivity (Wildman–Crippen MR) is 169 cm³/mol. The van der Waals surface area contributed by atoms with Gasteiger partial charge >= 0.3 is 6.18 Å². The SMILES string of the molecule is CC(C)[C@H]1CN(C)CCN1Cc1cc2c(c(C(F)(F)F)c1)CN(c1cc(C3(C(F)c4nncn4C)CCC3)cc(NCCO)n1)C2=O. The number of halogens is 4. The molecule has 2 aromatic heterocycles. The second-order valence-corrected chi connectivity index (χ2v) is 13.5. The summed E-state index contributed by atoms with van der Waals surface area (Å²) in [5.41, 5.74) is -0.909. The van der Waals surface area contributed by atoms with Crippen LogP contribution < -0.4 is 10.2 Å². The number of aromatic nitrogens is 4. The second-order valence-electron chi connectivity index (χ2n) is 13.5. The maximum atomic E-state index is 16.3. The number of anilines is 2. The molecule has 2 aliphatic heterocycles. The zero-order valence-corrected chi connectivity index (χ0v) is 27.2. The Morgan fingerprint density at radius 1 is 1.13 bits per heavy atom. The van der Waals surface area contributed by atoms with Crippen LogP contribution in [0.15, 0.2) is 30.6 Å². The van der Waals surface area contributed by atoms with Crippen LogP contribution in [0.2, 0.25) is 0 Å². The molecular formula is C33H42F4N8O2. The van der Waals surface area contributed by atoms with Crippen molar-refractivity contribution < 1.29 is 27.5 Å². The number of alkyl halides is 4. The summed E-state index contributed by atoms with van der Waals surface area (Å²) in [6.07, 6.45) is -2.98. The molecule has 3 aliphatic rings. The quantitative estimate of drug-likeness (QED) is 0.303. The lowest BCUT2D eigenvalue weighted by Crippen LogP contribution is -2.53. The highest BCUT2D eigenvalue weighted by molar-refractivity contribution is 6.10. The molecule has 0 radical (unpaired) electrons. The van der Waals surface area contributed by atoms with Crippen molar-refractivity contribution in [3.8, 4) is 0 Å². The molecular weight excluding hydrogens is 616 g/mol. The summed E-state index contributed by atoms with van der Waals surface area (Å²) in [5, 5.41) is 20.3. The van der Waals surface area contributed by atoms with Gasteiger partial charge in [0.05, 0.1) is 18.7 Å². The predicted octanol–water partition coefficient (Wildman–Crippen LogP) is 4.70. The third-order valence-corrected chi connectivity index (χ3v) is 10.1. The molecule has 2 fully saturated rings. The topological polar surface area (TPSA) is 103 Å². The van der Waals surface area contributed by atoms with Crippen molar-refractivity contribution >= 4 is 17.5 Å². The van der Waals surface area contributed by atoms with E-state index < -0.39 is 29.2 Å². The zero-order valence-electron chi connectivity index (χ0n) is 27.2. The van der Waals surface area contributed by atoms with Crippen molar-refractivity contribution in [1.29, 1.82) is 0 Å². The second kappa shape index (κ2) is 12.8. The highest BCUT2D eigenvalue weighted by Gasteiger charge is 2.50. The van der Waals surface area contributed by atoms with Gasteiger partial charge in [-0.05, 0) is 66.8 Å². The van der Waals surface area contributed by atoms with Gasteiger partial charge in [-0.1, -0.05) is 20.3 Å². The van der Waals surface area contributed by atoms with E-state index in [-0.39, 0.29) is 48.5 Å². The van der Waals surface area contributed by atoms with Crippen molar-refractivity contribution in [3.05, 3.63) is 64.2 Å². The number of amides is 1. The lowest BCUT2D eigenvalue weighted by atomic mass is 9.61. The third kappa shape index (κ3) is 6.22. The average Bonchev–Trinajstić information content (AvgIpc) is 3.58. The van der Waals surface area contributed by atoms with Gasteiger partial charge in [-0.3, -0.25) is 14.6 Å². The lowest BCUT2D eigenvalue weighted by molar-refractivity contribution is -0.138. The number of aliphatic hydroxyl groups excluding tert-OH is 1. The van der Waals surface area contributed by atoms with Crippen molar-refractivity contribution in [2.24, 2.45) is 13.0 Å². The standard InChI is InChI=1S/C33H42F4N8O2/c1-20(2)26-18-42(3)9-10-44(26)16-21-12-23-24(25(13-21)33(35,36)37)17-45(31(23)47)28-15-22(14-27(40-28)38-8-11-46)32(6-5-7-32)29(34)30-41-39-19-43(30)4/h12-15,19-20,26,29,46H,5-11,16-18H2,1-4H3,(H,38,40)/t26-,29?/m1/s1. The molecule has 10 nitrogen and oxygen atoms in total. The monoisotopic (exact) mass is 658 g/mol. The molecule has 0 bridgehead atoms. The summed E-state index contributed by atoms with van der Waals surface area (Å²) in [6, 6.07) is 6.24. The summed E-state index contributed by atoms with van der Waals surface area (Å²) in [6.45, 7) is 6.47.